The Bertz CT molecular complexity index is 3200. The smallest absolute Gasteiger partial charge is 0.0541 e. The summed E-state index contributed by atoms with van der Waals surface area (Å²) in [6.07, 6.45) is 0. The highest BCUT2D eigenvalue weighted by Crippen LogP contribution is 2.36. The lowest BCUT2D eigenvalue weighted by Crippen LogP contribution is -1.93. The Morgan fingerprint density at radius 3 is 0.741 bits per heavy atom. The predicted octanol–water partition coefficient (Wildman–Crippen LogP) is 15.2. The summed E-state index contributed by atoms with van der Waals surface area (Å²) < 4.78 is 4.74. The fourth-order valence-electron chi connectivity index (χ4n) is 9.22. The molecular formula is C56H36N2. The molecule has 0 N–H and O–H groups in total. The lowest BCUT2D eigenvalue weighted by atomic mass is 9.95. The van der Waals surface area contributed by atoms with Gasteiger partial charge in [-0.3, -0.25) is 0 Å². The highest BCUT2D eigenvalue weighted by molar-refractivity contribution is 6.10. The molecule has 2 nitrogen and oxygen atoms in total. The van der Waals surface area contributed by atoms with Crippen LogP contribution in [0, 0.1) is 0 Å². The molecule has 270 valence electrons. The molecule has 10 aromatic carbocycles. The molecular weight excluding hydrogens is 701 g/mol. The van der Waals surface area contributed by atoms with Gasteiger partial charge in [-0.1, -0.05) is 146 Å². The molecule has 0 saturated carbocycles. The van der Waals surface area contributed by atoms with Crippen LogP contribution >= 0.6 is 0 Å². The number of hydrogen-bond donors (Lipinski definition) is 0. The lowest BCUT2D eigenvalue weighted by Gasteiger charge is -2.11. The van der Waals surface area contributed by atoms with E-state index in [0.29, 0.717) is 0 Å². The monoisotopic (exact) mass is 736 g/mol. The van der Waals surface area contributed by atoms with Gasteiger partial charge in [0, 0.05) is 32.9 Å². The standard InChI is InChI=1S/C56H36N2/c1-5-13-53-49(9-1)50-10-2-6-14-54(50)57(53)47-29-25-37(26-30-47)39-17-19-43-35-45(23-21-41(43)33-39)46-24-22-42-34-40(18-20-44(42)36-46)38-27-31-48(32-28-38)58-55-15-7-3-11-51(55)52-12-4-8-16-56(52)58/h1-36H. The predicted molar refractivity (Wildman–Crippen MR) is 246 cm³/mol. The maximum Gasteiger partial charge on any atom is 0.0541 e. The lowest BCUT2D eigenvalue weighted by molar-refractivity contribution is 1.18. The van der Waals surface area contributed by atoms with E-state index >= 15 is 0 Å². The number of para-hydroxylation sites is 4. The van der Waals surface area contributed by atoms with Crippen molar-refractivity contribution in [1.82, 2.24) is 9.13 Å². The van der Waals surface area contributed by atoms with Crippen molar-refractivity contribution in [3.8, 4) is 44.8 Å². The molecule has 12 aromatic rings. The van der Waals surface area contributed by atoms with E-state index in [9.17, 15) is 0 Å². The van der Waals surface area contributed by atoms with Gasteiger partial charge >= 0.3 is 0 Å². The third-order valence-corrected chi connectivity index (χ3v) is 12.1. The second kappa shape index (κ2) is 12.9. The van der Waals surface area contributed by atoms with E-state index in [4.69, 9.17) is 0 Å². The number of hydrogen-bond acceptors (Lipinski definition) is 0. The Morgan fingerprint density at radius 2 is 0.448 bits per heavy atom. The molecule has 0 atom stereocenters. The number of nitrogens with zero attached hydrogens (tertiary/aromatic N) is 2. The van der Waals surface area contributed by atoms with Crippen LogP contribution in [-0.4, -0.2) is 9.13 Å². The average molecular weight is 737 g/mol. The summed E-state index contributed by atoms with van der Waals surface area (Å²) in [7, 11) is 0. The van der Waals surface area contributed by atoms with Gasteiger partial charge < -0.3 is 9.13 Å². The van der Waals surface area contributed by atoms with E-state index in [1.807, 2.05) is 0 Å². The van der Waals surface area contributed by atoms with E-state index in [0.717, 1.165) is 0 Å². The molecule has 0 aliphatic rings. The normalized spacial score (nSPS) is 11.8. The zero-order chi connectivity index (χ0) is 38.2. The Labute approximate surface area is 336 Å². The molecule has 0 saturated heterocycles. The molecule has 58 heavy (non-hydrogen) atoms. The summed E-state index contributed by atoms with van der Waals surface area (Å²) >= 11 is 0. The second-order valence-corrected chi connectivity index (χ2v) is 15.4. The van der Waals surface area contributed by atoms with E-state index in [1.54, 1.807) is 0 Å². The summed E-state index contributed by atoms with van der Waals surface area (Å²) in [6.45, 7) is 0. The van der Waals surface area contributed by atoms with E-state index < -0.39 is 0 Å². The highest BCUT2D eigenvalue weighted by atomic mass is 15.0. The van der Waals surface area contributed by atoms with E-state index in [1.165, 1.54) is 110 Å². The molecule has 2 heteroatoms. The van der Waals surface area contributed by atoms with E-state index in [-0.39, 0.29) is 0 Å². The zero-order valence-electron chi connectivity index (χ0n) is 31.7. The van der Waals surface area contributed by atoms with Crippen molar-refractivity contribution in [2.24, 2.45) is 0 Å². The third kappa shape index (κ3) is 5.19. The molecule has 0 fully saturated rings. The van der Waals surface area contributed by atoms with Gasteiger partial charge in [0.25, 0.3) is 0 Å². The first-order valence-corrected chi connectivity index (χ1v) is 20.0. The summed E-state index contributed by atoms with van der Waals surface area (Å²) in [5.74, 6) is 0. The highest BCUT2D eigenvalue weighted by Gasteiger charge is 2.14. The first-order chi connectivity index (χ1) is 28.7. The van der Waals surface area contributed by atoms with Crippen molar-refractivity contribution < 1.29 is 0 Å². The van der Waals surface area contributed by atoms with Crippen LogP contribution in [-0.2, 0) is 0 Å². The van der Waals surface area contributed by atoms with Crippen LogP contribution in [0.2, 0.25) is 0 Å². The van der Waals surface area contributed by atoms with Gasteiger partial charge in [0.05, 0.1) is 22.1 Å². The molecule has 0 radical (unpaired) electrons. The van der Waals surface area contributed by atoms with Gasteiger partial charge in [0.2, 0.25) is 0 Å². The average Bonchev–Trinajstić information content (AvgIpc) is 3.82. The minimum Gasteiger partial charge on any atom is -0.309 e. The van der Waals surface area contributed by atoms with Gasteiger partial charge in [-0.2, -0.15) is 0 Å². The Hall–Kier alpha value is -7.68. The van der Waals surface area contributed by atoms with Gasteiger partial charge in [-0.05, 0) is 128 Å². The van der Waals surface area contributed by atoms with Crippen molar-refractivity contribution in [1.29, 1.82) is 0 Å². The molecule has 0 aliphatic heterocycles. The van der Waals surface area contributed by atoms with Gasteiger partial charge in [-0.15, -0.1) is 0 Å². The Kier molecular flexibility index (Phi) is 7.26. The van der Waals surface area contributed by atoms with Crippen molar-refractivity contribution in [2.45, 2.75) is 0 Å². The molecule has 0 bridgehead atoms. The minimum absolute atomic E-state index is 1.17. The van der Waals surface area contributed by atoms with Gasteiger partial charge in [0.15, 0.2) is 0 Å². The fraction of sp³-hybridized carbons (Fsp3) is 0. The molecule has 2 heterocycles. The Balaban J connectivity index is 0.809. The summed E-state index contributed by atoms with van der Waals surface area (Å²) in [5.41, 5.74) is 14.6. The quantitative estimate of drug-likeness (QED) is 0.167. The molecule has 0 unspecified atom stereocenters. The fourth-order valence-corrected chi connectivity index (χ4v) is 9.22. The third-order valence-electron chi connectivity index (χ3n) is 12.1. The summed E-state index contributed by atoms with van der Waals surface area (Å²) in [6, 6.07) is 80.0. The molecule has 12 rings (SSSR count). The van der Waals surface area contributed by atoms with Crippen LogP contribution in [0.5, 0.6) is 0 Å². The number of aromatic nitrogens is 2. The first-order valence-electron chi connectivity index (χ1n) is 20.0. The van der Waals surface area contributed by atoms with Crippen molar-refractivity contribution in [2.75, 3.05) is 0 Å². The van der Waals surface area contributed by atoms with Crippen LogP contribution in [0.4, 0.5) is 0 Å². The maximum absolute atomic E-state index is 2.37. The number of rotatable bonds is 5. The summed E-state index contributed by atoms with van der Waals surface area (Å²) in [5, 5.41) is 10.1. The summed E-state index contributed by atoms with van der Waals surface area (Å²) in [4.78, 5) is 0. The van der Waals surface area contributed by atoms with Crippen molar-refractivity contribution in [3.05, 3.63) is 218 Å². The molecule has 0 aliphatic carbocycles. The van der Waals surface area contributed by atoms with Gasteiger partial charge in [-0.25, -0.2) is 0 Å². The first kappa shape index (κ1) is 32.6. The van der Waals surface area contributed by atoms with Crippen LogP contribution in [0.3, 0.4) is 0 Å². The maximum atomic E-state index is 2.37. The van der Waals surface area contributed by atoms with Crippen LogP contribution in [0.25, 0.3) is 110 Å². The zero-order valence-corrected chi connectivity index (χ0v) is 31.7. The second-order valence-electron chi connectivity index (χ2n) is 15.4. The molecule has 2 aromatic heterocycles. The van der Waals surface area contributed by atoms with E-state index in [2.05, 4.69) is 228 Å². The van der Waals surface area contributed by atoms with Crippen molar-refractivity contribution in [3.63, 3.8) is 0 Å². The molecule has 0 spiro atoms. The minimum atomic E-state index is 1.17. The Morgan fingerprint density at radius 1 is 0.207 bits per heavy atom. The molecule has 0 amide bonds. The van der Waals surface area contributed by atoms with Crippen LogP contribution in [0.1, 0.15) is 0 Å². The van der Waals surface area contributed by atoms with Crippen LogP contribution < -0.4 is 0 Å². The topological polar surface area (TPSA) is 9.86 Å². The SMILES string of the molecule is c1ccc2c(c1)c1ccccc1n2-c1ccc(-c2ccc3cc(-c4ccc5cc(-c6ccc(-n7c8ccccc8c8ccccc87)cc6)ccc5c4)ccc3c2)cc1. The largest absolute Gasteiger partial charge is 0.309 e. The number of benzene rings is 10. The number of fused-ring (bicyclic) bond motifs is 8. The van der Waals surface area contributed by atoms with Crippen LogP contribution in [0.15, 0.2) is 218 Å². The van der Waals surface area contributed by atoms with Crippen molar-refractivity contribution >= 4 is 65.2 Å². The van der Waals surface area contributed by atoms with Gasteiger partial charge in [0.1, 0.15) is 0 Å².